The Hall–Kier alpha value is -1.28. The molecule has 0 unspecified atom stereocenters. The van der Waals surface area contributed by atoms with Crippen LogP contribution in [0.1, 0.15) is 23.0 Å². The lowest BCUT2D eigenvalue weighted by atomic mass is 10.3. The second kappa shape index (κ2) is 7.65. The van der Waals surface area contributed by atoms with E-state index in [2.05, 4.69) is 22.5 Å². The second-order valence-electron chi connectivity index (χ2n) is 4.57. The highest BCUT2D eigenvalue weighted by molar-refractivity contribution is 7.80. The first-order chi connectivity index (χ1) is 10.2. The van der Waals surface area contributed by atoms with Gasteiger partial charge in [-0.25, -0.2) is 9.78 Å². The smallest absolute Gasteiger partial charge is 0.350 e. The van der Waals surface area contributed by atoms with Gasteiger partial charge in [0.2, 0.25) is 5.91 Å². The molecule has 0 bridgehead atoms. The molecular formula is C13H19N3O3S2. The van der Waals surface area contributed by atoms with Crippen LogP contribution in [0, 0.1) is 0 Å². The number of hydrogen-bond donors (Lipinski definition) is 1. The maximum absolute atomic E-state index is 11.8. The van der Waals surface area contributed by atoms with Crippen molar-refractivity contribution in [1.29, 1.82) is 0 Å². The van der Waals surface area contributed by atoms with Crippen molar-refractivity contribution in [3.05, 3.63) is 11.1 Å². The van der Waals surface area contributed by atoms with Crippen LogP contribution in [-0.4, -0.2) is 60.3 Å². The van der Waals surface area contributed by atoms with Crippen molar-refractivity contribution in [1.82, 2.24) is 9.88 Å². The predicted octanol–water partition coefficient (Wildman–Crippen LogP) is 1.29. The third-order valence-electron chi connectivity index (χ3n) is 3.20. The van der Waals surface area contributed by atoms with Crippen molar-refractivity contribution < 1.29 is 14.3 Å². The topological polar surface area (TPSA) is 62.7 Å². The van der Waals surface area contributed by atoms with E-state index in [0.29, 0.717) is 36.7 Å². The van der Waals surface area contributed by atoms with Gasteiger partial charge in [0, 0.05) is 32.6 Å². The fourth-order valence-corrected chi connectivity index (χ4v) is 3.16. The van der Waals surface area contributed by atoms with Gasteiger partial charge in [-0.15, -0.1) is 0 Å². The molecule has 2 heterocycles. The summed E-state index contributed by atoms with van der Waals surface area (Å²) in [6.07, 6.45) is 2.03. The summed E-state index contributed by atoms with van der Waals surface area (Å²) < 4.78 is 4.96. The van der Waals surface area contributed by atoms with E-state index in [0.717, 1.165) is 18.2 Å². The van der Waals surface area contributed by atoms with Crippen molar-refractivity contribution in [3.8, 4) is 0 Å². The van der Waals surface area contributed by atoms with Crippen LogP contribution in [0.2, 0.25) is 0 Å². The highest BCUT2D eigenvalue weighted by Crippen LogP contribution is 2.24. The van der Waals surface area contributed by atoms with Gasteiger partial charge < -0.3 is 14.5 Å². The summed E-state index contributed by atoms with van der Waals surface area (Å²) >= 11 is 5.42. The van der Waals surface area contributed by atoms with Crippen LogP contribution in [0.4, 0.5) is 5.13 Å². The summed E-state index contributed by atoms with van der Waals surface area (Å²) in [6.45, 7) is 4.96. The molecule has 1 aromatic rings. The zero-order valence-electron chi connectivity index (χ0n) is 11.9. The van der Waals surface area contributed by atoms with Crippen LogP contribution in [0.3, 0.4) is 0 Å². The van der Waals surface area contributed by atoms with Gasteiger partial charge >= 0.3 is 5.97 Å². The molecule has 0 N–H and O–H groups in total. The SMILES string of the molecule is CCOC(=O)c1cnc(N2CCN(C(=O)CCS)CC2)s1. The number of carbonyl (C=O) groups is 2. The number of amides is 1. The molecule has 8 heteroatoms. The number of esters is 1. The van der Waals surface area contributed by atoms with Crippen LogP contribution in [-0.2, 0) is 9.53 Å². The van der Waals surface area contributed by atoms with Gasteiger partial charge in [0.05, 0.1) is 12.8 Å². The highest BCUT2D eigenvalue weighted by Gasteiger charge is 2.23. The molecule has 1 aliphatic heterocycles. The molecule has 0 radical (unpaired) electrons. The van der Waals surface area contributed by atoms with Crippen LogP contribution in [0.15, 0.2) is 6.20 Å². The van der Waals surface area contributed by atoms with E-state index in [4.69, 9.17) is 4.74 Å². The maximum Gasteiger partial charge on any atom is 0.350 e. The van der Waals surface area contributed by atoms with Crippen molar-refractivity contribution in [3.63, 3.8) is 0 Å². The molecule has 1 saturated heterocycles. The van der Waals surface area contributed by atoms with E-state index in [9.17, 15) is 9.59 Å². The number of nitrogens with zero attached hydrogens (tertiary/aromatic N) is 3. The Labute approximate surface area is 133 Å². The molecule has 0 spiro atoms. The molecule has 1 aliphatic rings. The summed E-state index contributed by atoms with van der Waals surface area (Å²) in [5.41, 5.74) is 0. The molecule has 1 aromatic heterocycles. The minimum Gasteiger partial charge on any atom is -0.462 e. The van der Waals surface area contributed by atoms with Gasteiger partial charge in [0.1, 0.15) is 4.88 Å². The fraction of sp³-hybridized carbons (Fsp3) is 0.615. The Balaban J connectivity index is 1.90. The number of anilines is 1. The third-order valence-corrected chi connectivity index (χ3v) is 4.46. The maximum atomic E-state index is 11.8. The van der Waals surface area contributed by atoms with Gasteiger partial charge in [0.25, 0.3) is 0 Å². The lowest BCUT2D eigenvalue weighted by Gasteiger charge is -2.34. The molecule has 0 saturated carbocycles. The Bertz CT molecular complexity index is 499. The minimum absolute atomic E-state index is 0.149. The molecular weight excluding hydrogens is 310 g/mol. The van der Waals surface area contributed by atoms with E-state index in [1.165, 1.54) is 11.3 Å². The standard InChI is InChI=1S/C13H19N3O3S2/c1-2-19-12(18)10-9-14-13(21-10)16-6-4-15(5-7-16)11(17)3-8-20/h9,20H,2-8H2,1H3. The Kier molecular flexibility index (Phi) is 5.86. The molecule has 1 amide bonds. The van der Waals surface area contributed by atoms with E-state index in [1.807, 2.05) is 4.90 Å². The van der Waals surface area contributed by atoms with Crippen LogP contribution in [0.5, 0.6) is 0 Å². The zero-order chi connectivity index (χ0) is 15.2. The third kappa shape index (κ3) is 4.10. The molecule has 1 fully saturated rings. The Morgan fingerprint density at radius 2 is 2.10 bits per heavy atom. The predicted molar refractivity (Wildman–Crippen MR) is 85.3 cm³/mol. The van der Waals surface area contributed by atoms with E-state index < -0.39 is 0 Å². The molecule has 116 valence electrons. The lowest BCUT2D eigenvalue weighted by molar-refractivity contribution is -0.131. The number of ether oxygens (including phenoxy) is 1. The minimum atomic E-state index is -0.330. The largest absolute Gasteiger partial charge is 0.462 e. The number of carbonyl (C=O) groups excluding carboxylic acids is 2. The number of thiol groups is 1. The van der Waals surface area contributed by atoms with E-state index in [1.54, 1.807) is 13.1 Å². The van der Waals surface area contributed by atoms with Gasteiger partial charge in [0.15, 0.2) is 5.13 Å². The molecule has 0 aromatic carbocycles. The molecule has 2 rings (SSSR count). The number of hydrogen-bond acceptors (Lipinski definition) is 7. The first kappa shape index (κ1) is 16.1. The first-order valence-corrected chi connectivity index (χ1v) is 8.37. The number of aromatic nitrogens is 1. The van der Waals surface area contributed by atoms with E-state index in [-0.39, 0.29) is 11.9 Å². The summed E-state index contributed by atoms with van der Waals surface area (Å²) in [5.74, 6) is 0.397. The van der Waals surface area contributed by atoms with Crippen molar-refractivity contribution in [2.24, 2.45) is 0 Å². The second-order valence-corrected chi connectivity index (χ2v) is 6.03. The van der Waals surface area contributed by atoms with E-state index >= 15 is 0 Å². The van der Waals surface area contributed by atoms with Crippen LogP contribution < -0.4 is 4.90 Å². The Morgan fingerprint density at radius 1 is 1.38 bits per heavy atom. The van der Waals surface area contributed by atoms with Crippen molar-refractivity contribution in [2.45, 2.75) is 13.3 Å². The van der Waals surface area contributed by atoms with Crippen LogP contribution in [0.25, 0.3) is 0 Å². The van der Waals surface area contributed by atoms with Gasteiger partial charge in [-0.3, -0.25) is 4.79 Å². The lowest BCUT2D eigenvalue weighted by Crippen LogP contribution is -2.48. The Morgan fingerprint density at radius 3 is 2.71 bits per heavy atom. The summed E-state index contributed by atoms with van der Waals surface area (Å²) in [5, 5.41) is 0.805. The summed E-state index contributed by atoms with van der Waals surface area (Å²) in [6, 6.07) is 0. The average Bonchev–Trinajstić information content (AvgIpc) is 2.98. The molecule has 6 nitrogen and oxygen atoms in total. The first-order valence-electron chi connectivity index (χ1n) is 6.92. The summed E-state index contributed by atoms with van der Waals surface area (Å²) in [7, 11) is 0. The highest BCUT2D eigenvalue weighted by atomic mass is 32.1. The number of piperazine rings is 1. The molecule has 21 heavy (non-hydrogen) atoms. The van der Waals surface area contributed by atoms with Crippen molar-refractivity contribution >= 4 is 41.0 Å². The number of rotatable bonds is 5. The summed E-state index contributed by atoms with van der Waals surface area (Å²) in [4.78, 5) is 32.2. The monoisotopic (exact) mass is 329 g/mol. The normalized spacial score (nSPS) is 15.1. The molecule has 0 aliphatic carbocycles. The quantitative estimate of drug-likeness (QED) is 0.651. The van der Waals surface area contributed by atoms with Gasteiger partial charge in [-0.1, -0.05) is 11.3 Å². The fourth-order valence-electron chi connectivity index (χ4n) is 2.11. The van der Waals surface area contributed by atoms with Crippen LogP contribution >= 0.6 is 24.0 Å². The zero-order valence-corrected chi connectivity index (χ0v) is 13.7. The average molecular weight is 329 g/mol. The van der Waals surface area contributed by atoms with Gasteiger partial charge in [-0.05, 0) is 12.7 Å². The number of thiazole rings is 1. The molecule has 0 atom stereocenters. The van der Waals surface area contributed by atoms with Crippen molar-refractivity contribution in [2.75, 3.05) is 43.4 Å². The van der Waals surface area contributed by atoms with Gasteiger partial charge in [-0.2, -0.15) is 12.6 Å².